The van der Waals surface area contributed by atoms with Crippen molar-refractivity contribution in [3.63, 3.8) is 0 Å². The number of sulfone groups is 1. The van der Waals surface area contributed by atoms with Crippen molar-refractivity contribution in [2.24, 2.45) is 11.1 Å². The third-order valence-corrected chi connectivity index (χ3v) is 6.21. The van der Waals surface area contributed by atoms with Gasteiger partial charge in [0.25, 0.3) is 0 Å². The predicted octanol–water partition coefficient (Wildman–Crippen LogP) is 3.33. The smallest absolute Gasteiger partial charge is 0.175 e. The molecule has 0 aliphatic heterocycles. The summed E-state index contributed by atoms with van der Waals surface area (Å²) in [5.41, 5.74) is 6.33. The first-order valence-corrected chi connectivity index (χ1v) is 9.55. The van der Waals surface area contributed by atoms with Gasteiger partial charge in [-0.15, -0.1) is 11.8 Å². The van der Waals surface area contributed by atoms with Gasteiger partial charge in [-0.25, -0.2) is 8.42 Å². The van der Waals surface area contributed by atoms with Crippen LogP contribution in [-0.2, 0) is 9.84 Å². The van der Waals surface area contributed by atoms with Gasteiger partial charge >= 0.3 is 0 Å². The number of hydrogen-bond acceptors (Lipinski definition) is 4. The Bertz CT molecular complexity index is 530. The molecule has 20 heavy (non-hydrogen) atoms. The van der Waals surface area contributed by atoms with E-state index in [0.29, 0.717) is 4.90 Å². The lowest BCUT2D eigenvalue weighted by atomic mass is 9.87. The maximum absolute atomic E-state index is 11.5. The average Bonchev–Trinajstić information content (AvgIpc) is 2.33. The van der Waals surface area contributed by atoms with Crippen molar-refractivity contribution in [3.05, 3.63) is 24.3 Å². The van der Waals surface area contributed by atoms with Crippen molar-refractivity contribution < 1.29 is 8.42 Å². The molecule has 0 saturated carbocycles. The van der Waals surface area contributed by atoms with Gasteiger partial charge in [-0.05, 0) is 36.1 Å². The minimum Gasteiger partial charge on any atom is -0.327 e. The van der Waals surface area contributed by atoms with Crippen molar-refractivity contribution >= 4 is 21.6 Å². The topological polar surface area (TPSA) is 60.2 Å². The fourth-order valence-electron chi connectivity index (χ4n) is 2.03. The zero-order valence-electron chi connectivity index (χ0n) is 12.9. The second-order valence-electron chi connectivity index (χ2n) is 6.22. The Kier molecular flexibility index (Phi) is 5.70. The molecule has 0 amide bonds. The number of benzene rings is 1. The van der Waals surface area contributed by atoms with Gasteiger partial charge < -0.3 is 5.73 Å². The molecule has 0 fully saturated rings. The van der Waals surface area contributed by atoms with E-state index < -0.39 is 9.84 Å². The molecule has 0 spiro atoms. The van der Waals surface area contributed by atoms with Crippen LogP contribution in [0.2, 0.25) is 0 Å². The third-order valence-electron chi connectivity index (χ3n) is 3.23. The molecule has 2 N–H and O–H groups in total. The van der Waals surface area contributed by atoms with Crippen molar-refractivity contribution in [3.8, 4) is 0 Å². The summed E-state index contributed by atoms with van der Waals surface area (Å²) in [5, 5.41) is 0.289. The number of thioether (sulfide) groups is 1. The van der Waals surface area contributed by atoms with Crippen LogP contribution < -0.4 is 5.73 Å². The molecule has 1 aromatic rings. The van der Waals surface area contributed by atoms with Gasteiger partial charge in [0.2, 0.25) is 0 Å². The summed E-state index contributed by atoms with van der Waals surface area (Å²) in [6, 6.07) is 7.17. The van der Waals surface area contributed by atoms with E-state index in [9.17, 15) is 8.42 Å². The van der Waals surface area contributed by atoms with E-state index in [1.165, 1.54) is 6.26 Å². The highest BCUT2D eigenvalue weighted by Gasteiger charge is 2.30. The maximum Gasteiger partial charge on any atom is 0.175 e. The average molecular weight is 316 g/mol. The van der Waals surface area contributed by atoms with Crippen LogP contribution >= 0.6 is 11.8 Å². The van der Waals surface area contributed by atoms with Crippen molar-refractivity contribution in [2.75, 3.05) is 6.26 Å². The Morgan fingerprint density at radius 2 is 1.70 bits per heavy atom. The van der Waals surface area contributed by atoms with E-state index in [0.717, 1.165) is 11.3 Å². The lowest BCUT2D eigenvalue weighted by Crippen LogP contribution is -2.40. The molecule has 0 aliphatic rings. The Balaban J connectivity index is 2.96. The normalized spacial score (nSPS) is 15.9. The molecule has 0 aromatic heterocycles. The molecule has 1 rings (SSSR count). The molecule has 0 radical (unpaired) electrons. The van der Waals surface area contributed by atoms with Crippen molar-refractivity contribution in [1.82, 2.24) is 0 Å². The second kappa shape index (κ2) is 6.50. The Morgan fingerprint density at radius 1 is 1.20 bits per heavy atom. The summed E-state index contributed by atoms with van der Waals surface area (Å²) in [6.07, 6.45) is 2.15. The highest BCUT2D eigenvalue weighted by Crippen LogP contribution is 2.37. The lowest BCUT2D eigenvalue weighted by molar-refractivity contribution is 0.350. The fraction of sp³-hybridized carbons (Fsp3) is 0.600. The predicted molar refractivity (Wildman–Crippen MR) is 86.9 cm³/mol. The summed E-state index contributed by atoms with van der Waals surface area (Å²) in [5.74, 6) is 0. The molecule has 2 atom stereocenters. The number of rotatable bonds is 5. The molecule has 1 aromatic carbocycles. The van der Waals surface area contributed by atoms with E-state index >= 15 is 0 Å². The first kappa shape index (κ1) is 17.5. The lowest BCUT2D eigenvalue weighted by Gasteiger charge is -2.34. The van der Waals surface area contributed by atoms with Gasteiger partial charge in [-0.1, -0.05) is 27.7 Å². The standard InChI is InChI=1S/C15H25NO2S2/c1-6-13(16)14(15(2,3)4)19-11-7-9-12(10-8-11)20(5,17)18/h7-10,13-14H,6,16H2,1-5H3. The van der Waals surface area contributed by atoms with E-state index in [1.54, 1.807) is 23.9 Å². The summed E-state index contributed by atoms with van der Waals surface area (Å²) in [4.78, 5) is 1.41. The van der Waals surface area contributed by atoms with Gasteiger partial charge in [0.15, 0.2) is 9.84 Å². The van der Waals surface area contributed by atoms with Gasteiger partial charge in [-0.2, -0.15) is 0 Å². The minimum absolute atomic E-state index is 0.0929. The van der Waals surface area contributed by atoms with Crippen LogP contribution in [0.25, 0.3) is 0 Å². The number of hydrogen-bond donors (Lipinski definition) is 1. The van der Waals surface area contributed by atoms with Gasteiger partial charge in [0, 0.05) is 22.4 Å². The minimum atomic E-state index is -3.13. The van der Waals surface area contributed by atoms with E-state index in [-0.39, 0.29) is 16.7 Å². The van der Waals surface area contributed by atoms with Crippen molar-refractivity contribution in [1.29, 1.82) is 0 Å². The van der Waals surface area contributed by atoms with Crippen LogP contribution in [-0.4, -0.2) is 26.0 Å². The first-order valence-electron chi connectivity index (χ1n) is 6.78. The largest absolute Gasteiger partial charge is 0.327 e. The Labute approximate surface area is 127 Å². The molecular weight excluding hydrogens is 290 g/mol. The van der Waals surface area contributed by atoms with Crippen LogP contribution in [0.1, 0.15) is 34.1 Å². The van der Waals surface area contributed by atoms with E-state index in [4.69, 9.17) is 5.73 Å². The van der Waals surface area contributed by atoms with Crippen LogP contribution in [0.15, 0.2) is 34.1 Å². The molecule has 0 saturated heterocycles. The second-order valence-corrected chi connectivity index (χ2v) is 9.45. The summed E-state index contributed by atoms with van der Waals surface area (Å²) >= 11 is 1.73. The van der Waals surface area contributed by atoms with Crippen molar-refractivity contribution in [2.45, 2.75) is 55.2 Å². The zero-order chi connectivity index (χ0) is 15.6. The molecule has 0 aliphatic carbocycles. The Morgan fingerprint density at radius 3 is 2.05 bits per heavy atom. The summed E-state index contributed by atoms with van der Waals surface area (Å²) in [7, 11) is -3.13. The monoisotopic (exact) mass is 315 g/mol. The molecule has 114 valence electrons. The van der Waals surface area contributed by atoms with Gasteiger partial charge in [-0.3, -0.25) is 0 Å². The SMILES string of the molecule is CCC(N)C(Sc1ccc(S(C)(=O)=O)cc1)C(C)(C)C. The van der Waals surface area contributed by atoms with E-state index in [2.05, 4.69) is 27.7 Å². The maximum atomic E-state index is 11.5. The Hall–Kier alpha value is -0.520. The van der Waals surface area contributed by atoms with Gasteiger partial charge in [0.05, 0.1) is 4.90 Å². The fourth-order valence-corrected chi connectivity index (χ4v) is 3.97. The highest BCUT2D eigenvalue weighted by molar-refractivity contribution is 8.00. The zero-order valence-corrected chi connectivity index (χ0v) is 14.5. The summed E-state index contributed by atoms with van der Waals surface area (Å²) < 4.78 is 22.9. The molecule has 2 unspecified atom stereocenters. The van der Waals surface area contributed by atoms with Crippen LogP contribution in [0.4, 0.5) is 0 Å². The van der Waals surface area contributed by atoms with Crippen LogP contribution in [0.5, 0.6) is 0 Å². The quantitative estimate of drug-likeness (QED) is 0.847. The molecule has 3 nitrogen and oxygen atoms in total. The summed E-state index contributed by atoms with van der Waals surface area (Å²) in [6.45, 7) is 8.65. The number of nitrogens with two attached hydrogens (primary N) is 1. The first-order chi connectivity index (χ1) is 9.05. The molecular formula is C15H25NO2S2. The van der Waals surface area contributed by atoms with Crippen LogP contribution in [0, 0.1) is 5.41 Å². The third kappa shape index (κ3) is 4.79. The van der Waals surface area contributed by atoms with E-state index in [1.807, 2.05) is 12.1 Å². The molecule has 0 bridgehead atoms. The molecule has 5 heteroatoms. The van der Waals surface area contributed by atoms with Gasteiger partial charge in [0.1, 0.15) is 0 Å². The highest BCUT2D eigenvalue weighted by atomic mass is 32.2. The van der Waals surface area contributed by atoms with Crippen LogP contribution in [0.3, 0.4) is 0 Å². The molecule has 0 heterocycles.